The van der Waals surface area contributed by atoms with E-state index < -0.39 is 9.84 Å². The first kappa shape index (κ1) is 10.0. The van der Waals surface area contributed by atoms with Crippen molar-refractivity contribution in [3.63, 3.8) is 0 Å². The standard InChI is InChI=1S/C7H6BrClO2S/c1-12(10,11)7-4-5(9)2-3-6(7)8/h2-4H,1H3. The van der Waals surface area contributed by atoms with Gasteiger partial charge in [0.25, 0.3) is 0 Å². The summed E-state index contributed by atoms with van der Waals surface area (Å²) in [6, 6.07) is 4.65. The summed E-state index contributed by atoms with van der Waals surface area (Å²) in [5.74, 6) is 0. The molecule has 0 bridgehead atoms. The van der Waals surface area contributed by atoms with Gasteiger partial charge in [0.05, 0.1) is 4.90 Å². The van der Waals surface area contributed by atoms with Gasteiger partial charge in [0, 0.05) is 15.8 Å². The van der Waals surface area contributed by atoms with E-state index in [-0.39, 0.29) is 4.90 Å². The Labute approximate surface area is 84.6 Å². The van der Waals surface area contributed by atoms with Gasteiger partial charge >= 0.3 is 0 Å². The van der Waals surface area contributed by atoms with Gasteiger partial charge in [-0.15, -0.1) is 0 Å². The number of halogens is 2. The van der Waals surface area contributed by atoms with Crippen LogP contribution < -0.4 is 0 Å². The van der Waals surface area contributed by atoms with Crippen LogP contribution in [0.4, 0.5) is 0 Å². The Morgan fingerprint density at radius 3 is 2.42 bits per heavy atom. The molecule has 0 saturated heterocycles. The Morgan fingerprint density at radius 2 is 2.00 bits per heavy atom. The summed E-state index contributed by atoms with van der Waals surface area (Å²) in [7, 11) is -3.19. The molecule has 0 radical (unpaired) electrons. The molecule has 1 aromatic carbocycles. The lowest BCUT2D eigenvalue weighted by atomic mass is 10.4. The second-order valence-corrected chi connectivity index (χ2v) is 5.62. The van der Waals surface area contributed by atoms with Crippen molar-refractivity contribution in [3.05, 3.63) is 27.7 Å². The molecule has 0 spiro atoms. The zero-order valence-corrected chi connectivity index (χ0v) is 9.37. The topological polar surface area (TPSA) is 34.1 Å². The maximum atomic E-state index is 11.1. The van der Waals surface area contributed by atoms with E-state index in [1.54, 1.807) is 12.1 Å². The second-order valence-electron chi connectivity index (χ2n) is 2.35. The van der Waals surface area contributed by atoms with Crippen LogP contribution in [0.25, 0.3) is 0 Å². The van der Waals surface area contributed by atoms with Crippen LogP contribution in [0, 0.1) is 0 Å². The number of hydrogen-bond donors (Lipinski definition) is 0. The molecule has 0 fully saturated rings. The smallest absolute Gasteiger partial charge is 0.176 e. The van der Waals surface area contributed by atoms with Crippen molar-refractivity contribution in [2.75, 3.05) is 6.26 Å². The van der Waals surface area contributed by atoms with Crippen molar-refractivity contribution in [3.8, 4) is 0 Å². The van der Waals surface area contributed by atoms with Gasteiger partial charge in [-0.1, -0.05) is 11.6 Å². The molecular weight excluding hydrogens is 263 g/mol. The van der Waals surface area contributed by atoms with E-state index in [1.165, 1.54) is 6.07 Å². The molecule has 12 heavy (non-hydrogen) atoms. The lowest BCUT2D eigenvalue weighted by molar-refractivity contribution is 0.601. The largest absolute Gasteiger partial charge is 0.224 e. The zero-order chi connectivity index (χ0) is 9.35. The van der Waals surface area contributed by atoms with Crippen molar-refractivity contribution >= 4 is 37.4 Å². The van der Waals surface area contributed by atoms with Crippen LogP contribution in [0.5, 0.6) is 0 Å². The van der Waals surface area contributed by atoms with E-state index in [2.05, 4.69) is 15.9 Å². The van der Waals surface area contributed by atoms with Crippen molar-refractivity contribution in [1.82, 2.24) is 0 Å². The highest BCUT2D eigenvalue weighted by molar-refractivity contribution is 9.10. The van der Waals surface area contributed by atoms with Gasteiger partial charge in [0.2, 0.25) is 0 Å². The molecule has 0 heterocycles. The molecule has 0 atom stereocenters. The fourth-order valence-electron chi connectivity index (χ4n) is 0.761. The van der Waals surface area contributed by atoms with Crippen LogP contribution >= 0.6 is 27.5 Å². The molecule has 0 N–H and O–H groups in total. The Kier molecular flexibility index (Phi) is 2.81. The average Bonchev–Trinajstić information content (AvgIpc) is 1.92. The van der Waals surface area contributed by atoms with Crippen molar-refractivity contribution in [2.24, 2.45) is 0 Å². The van der Waals surface area contributed by atoms with Crippen LogP contribution in [0.3, 0.4) is 0 Å². The van der Waals surface area contributed by atoms with Crippen LogP contribution in [0.15, 0.2) is 27.6 Å². The van der Waals surface area contributed by atoms with Crippen LogP contribution in [0.2, 0.25) is 5.02 Å². The molecule has 0 aliphatic carbocycles. The fourth-order valence-corrected chi connectivity index (χ4v) is 2.89. The first-order valence-electron chi connectivity index (χ1n) is 3.06. The maximum absolute atomic E-state index is 11.1. The molecule has 0 amide bonds. The Hall–Kier alpha value is -0.0600. The molecular formula is C7H6BrClO2S. The third-order valence-corrected chi connectivity index (χ3v) is 3.62. The van der Waals surface area contributed by atoms with Gasteiger partial charge < -0.3 is 0 Å². The lowest BCUT2D eigenvalue weighted by Crippen LogP contribution is -1.97. The highest BCUT2D eigenvalue weighted by atomic mass is 79.9. The van der Waals surface area contributed by atoms with Crippen molar-refractivity contribution < 1.29 is 8.42 Å². The van der Waals surface area contributed by atoms with Gasteiger partial charge in [-0.3, -0.25) is 0 Å². The summed E-state index contributed by atoms with van der Waals surface area (Å²) in [5, 5.41) is 0.415. The predicted molar refractivity (Wildman–Crippen MR) is 52.3 cm³/mol. The SMILES string of the molecule is CS(=O)(=O)c1cc(Cl)ccc1Br. The minimum Gasteiger partial charge on any atom is -0.224 e. The third-order valence-electron chi connectivity index (χ3n) is 1.29. The molecule has 0 unspecified atom stereocenters. The number of rotatable bonds is 1. The van der Waals surface area contributed by atoms with Gasteiger partial charge in [-0.05, 0) is 34.1 Å². The summed E-state index contributed by atoms with van der Waals surface area (Å²) in [6.07, 6.45) is 1.14. The number of hydrogen-bond acceptors (Lipinski definition) is 2. The Bertz CT molecular complexity index is 400. The molecule has 5 heteroatoms. The highest BCUT2D eigenvalue weighted by Gasteiger charge is 2.11. The molecule has 0 aromatic heterocycles. The molecule has 0 aliphatic heterocycles. The van der Waals surface area contributed by atoms with E-state index in [0.29, 0.717) is 9.50 Å². The summed E-state index contributed by atoms with van der Waals surface area (Å²) in [4.78, 5) is 0.218. The minimum absolute atomic E-state index is 0.218. The first-order chi connectivity index (χ1) is 5.41. The fraction of sp³-hybridized carbons (Fsp3) is 0.143. The monoisotopic (exact) mass is 268 g/mol. The van der Waals surface area contributed by atoms with Crippen LogP contribution in [0.1, 0.15) is 0 Å². The van der Waals surface area contributed by atoms with Gasteiger partial charge in [-0.2, -0.15) is 0 Å². The van der Waals surface area contributed by atoms with Crippen LogP contribution in [-0.4, -0.2) is 14.7 Å². The van der Waals surface area contributed by atoms with Gasteiger partial charge in [0.1, 0.15) is 0 Å². The maximum Gasteiger partial charge on any atom is 0.176 e. The predicted octanol–water partition coefficient (Wildman–Crippen LogP) is 2.51. The highest BCUT2D eigenvalue weighted by Crippen LogP contribution is 2.24. The quantitative estimate of drug-likeness (QED) is 0.785. The van der Waals surface area contributed by atoms with E-state index in [0.717, 1.165) is 6.26 Å². The van der Waals surface area contributed by atoms with Crippen LogP contribution in [-0.2, 0) is 9.84 Å². The van der Waals surface area contributed by atoms with E-state index >= 15 is 0 Å². The normalized spacial score (nSPS) is 11.6. The summed E-state index contributed by atoms with van der Waals surface area (Å²) in [5.41, 5.74) is 0. The van der Waals surface area contributed by atoms with Gasteiger partial charge in [0.15, 0.2) is 9.84 Å². The summed E-state index contributed by atoms with van der Waals surface area (Å²) < 4.78 is 22.8. The molecule has 1 aromatic rings. The molecule has 2 nitrogen and oxygen atoms in total. The Balaban J connectivity index is 3.43. The lowest BCUT2D eigenvalue weighted by Gasteiger charge is -2.01. The Morgan fingerprint density at radius 1 is 1.42 bits per heavy atom. The van der Waals surface area contributed by atoms with E-state index in [1.807, 2.05) is 0 Å². The average molecular weight is 270 g/mol. The van der Waals surface area contributed by atoms with E-state index in [4.69, 9.17) is 11.6 Å². The summed E-state index contributed by atoms with van der Waals surface area (Å²) in [6.45, 7) is 0. The second kappa shape index (κ2) is 3.36. The number of sulfone groups is 1. The first-order valence-corrected chi connectivity index (χ1v) is 6.12. The third kappa shape index (κ3) is 2.21. The molecule has 0 saturated carbocycles. The minimum atomic E-state index is -3.19. The summed E-state index contributed by atoms with van der Waals surface area (Å²) >= 11 is 8.77. The van der Waals surface area contributed by atoms with E-state index in [9.17, 15) is 8.42 Å². The molecule has 66 valence electrons. The van der Waals surface area contributed by atoms with Crippen molar-refractivity contribution in [2.45, 2.75) is 4.90 Å². The molecule has 1 rings (SSSR count). The zero-order valence-electron chi connectivity index (χ0n) is 6.21. The van der Waals surface area contributed by atoms with Crippen molar-refractivity contribution in [1.29, 1.82) is 0 Å². The molecule has 0 aliphatic rings. The number of benzene rings is 1. The van der Waals surface area contributed by atoms with Gasteiger partial charge in [-0.25, -0.2) is 8.42 Å².